The average Bonchev–Trinajstić information content (AvgIpc) is 2.93. The Morgan fingerprint density at radius 3 is 1.74 bits per heavy atom. The number of benzene rings is 2. The number of nitrogens with two attached hydrogens (primary N) is 1. The molecule has 0 saturated carbocycles. The molecule has 7 nitrogen and oxygen atoms in total. The smallest absolute Gasteiger partial charge is 0.330 e. The van der Waals surface area contributed by atoms with Gasteiger partial charge in [0.05, 0.1) is 14.2 Å². The highest BCUT2D eigenvalue weighted by Crippen LogP contribution is 2.10. The number of halogens is 3. The van der Waals surface area contributed by atoms with Crippen molar-refractivity contribution in [2.45, 2.75) is 24.9 Å². The third-order valence-corrected chi connectivity index (χ3v) is 6.28. The molecule has 0 aliphatic heterocycles. The van der Waals surface area contributed by atoms with E-state index in [9.17, 15) is 14.4 Å². The summed E-state index contributed by atoms with van der Waals surface area (Å²) in [5.41, 5.74) is 6.99. The molecule has 0 saturated heterocycles. The van der Waals surface area contributed by atoms with Gasteiger partial charge in [0.1, 0.15) is 18.4 Å². The molecule has 0 aliphatic rings. The topological polar surface area (TPSA) is 108 Å². The fourth-order valence-electron chi connectivity index (χ4n) is 2.40. The number of ether oxygens (including phenoxy) is 2. The summed E-state index contributed by atoms with van der Waals surface area (Å²) in [6.07, 6.45) is 7.81. The molecule has 0 radical (unpaired) electrons. The zero-order valence-electron chi connectivity index (χ0n) is 21.8. The van der Waals surface area contributed by atoms with E-state index in [0.717, 1.165) is 23.4 Å². The van der Waals surface area contributed by atoms with Crippen LogP contribution in [0.1, 0.15) is 28.8 Å². The quantitative estimate of drug-likeness (QED) is 0.188. The fraction of sp³-hybridized carbons (Fsp3) is 0.385. The Morgan fingerprint density at radius 2 is 1.32 bits per heavy atom. The van der Waals surface area contributed by atoms with Crippen LogP contribution in [0.3, 0.4) is 0 Å². The molecule has 212 valence electrons. The average molecular weight is 626 g/mol. The second-order valence-corrected chi connectivity index (χ2v) is 10.1. The molecule has 0 aromatic heterocycles. The molecule has 2 aromatic rings. The van der Waals surface area contributed by atoms with Crippen molar-refractivity contribution in [1.82, 2.24) is 0 Å². The van der Waals surface area contributed by atoms with Crippen molar-refractivity contribution in [3.8, 4) is 0 Å². The van der Waals surface area contributed by atoms with Gasteiger partial charge in [0.2, 0.25) is 0 Å². The Balaban J connectivity index is 0. The molecule has 2 aromatic carbocycles. The SMILES string of the molecule is COC(=O)C(CCSC)N=Cc1ccc(Cl)cc1.COC(=O)C(N)CCSC.Cl.O=Cc1ccc(Cl)cc1. The van der Waals surface area contributed by atoms with E-state index in [-0.39, 0.29) is 24.3 Å². The number of nitrogens with zero attached hydrogens (tertiary/aromatic N) is 1. The third-order valence-electron chi connectivity index (χ3n) is 4.49. The van der Waals surface area contributed by atoms with E-state index in [4.69, 9.17) is 33.7 Å². The predicted molar refractivity (Wildman–Crippen MR) is 165 cm³/mol. The summed E-state index contributed by atoms with van der Waals surface area (Å²) < 4.78 is 9.17. The van der Waals surface area contributed by atoms with Crippen LogP contribution in [0, 0.1) is 0 Å². The van der Waals surface area contributed by atoms with Crippen LogP contribution >= 0.6 is 59.1 Å². The van der Waals surface area contributed by atoms with E-state index in [1.807, 2.05) is 24.6 Å². The standard InChI is InChI=1S/C13H16ClNO2S.C7H5ClO.C6H13NO2S.ClH/c1-17-13(16)12(7-8-18-2)15-9-10-3-5-11(14)6-4-10;8-7-3-1-6(5-9)2-4-7;1-9-6(8)5(7)3-4-10-2;/h3-6,9,12H,7-8H2,1-2H3;1-5H;5H,3-4,7H2,1-2H3;1H. The van der Waals surface area contributed by atoms with Crippen LogP contribution in [0.25, 0.3) is 0 Å². The molecule has 12 heteroatoms. The highest BCUT2D eigenvalue weighted by atomic mass is 35.5. The largest absolute Gasteiger partial charge is 0.468 e. The molecule has 0 heterocycles. The van der Waals surface area contributed by atoms with Crippen molar-refractivity contribution >= 4 is 83.6 Å². The number of thioether (sulfide) groups is 2. The Bertz CT molecular complexity index is 949. The molecule has 0 amide bonds. The number of rotatable bonds is 11. The van der Waals surface area contributed by atoms with Gasteiger partial charge in [-0.15, -0.1) is 12.4 Å². The van der Waals surface area contributed by atoms with Gasteiger partial charge in [-0.2, -0.15) is 23.5 Å². The maximum Gasteiger partial charge on any atom is 0.330 e. The van der Waals surface area contributed by atoms with E-state index in [0.29, 0.717) is 28.5 Å². The van der Waals surface area contributed by atoms with Gasteiger partial charge < -0.3 is 15.2 Å². The van der Waals surface area contributed by atoms with Crippen molar-refractivity contribution in [1.29, 1.82) is 0 Å². The third kappa shape index (κ3) is 18.5. The number of aldehydes is 1. The van der Waals surface area contributed by atoms with Crippen molar-refractivity contribution in [2.75, 3.05) is 38.2 Å². The highest BCUT2D eigenvalue weighted by Gasteiger charge is 2.16. The van der Waals surface area contributed by atoms with E-state index in [1.54, 1.807) is 66.1 Å². The van der Waals surface area contributed by atoms with Gasteiger partial charge in [0, 0.05) is 21.8 Å². The lowest BCUT2D eigenvalue weighted by molar-refractivity contribution is -0.142. The predicted octanol–water partition coefficient (Wildman–Crippen LogP) is 5.87. The summed E-state index contributed by atoms with van der Waals surface area (Å²) in [6, 6.07) is 13.1. The number of hydrogen-bond acceptors (Lipinski definition) is 9. The number of hydrogen-bond donors (Lipinski definition) is 1. The first-order chi connectivity index (χ1) is 17.7. The van der Waals surface area contributed by atoms with Crippen LogP contribution in [-0.2, 0) is 19.1 Å². The number of carbonyl (C=O) groups excluding carboxylic acids is 3. The lowest BCUT2D eigenvalue weighted by atomic mass is 10.2. The second-order valence-electron chi connectivity index (χ2n) is 7.23. The first-order valence-corrected chi connectivity index (χ1v) is 14.6. The molecule has 0 bridgehead atoms. The van der Waals surface area contributed by atoms with Crippen molar-refractivity contribution < 1.29 is 23.9 Å². The molecule has 2 N–H and O–H groups in total. The number of aliphatic imine (C=N–C) groups is 1. The van der Waals surface area contributed by atoms with Gasteiger partial charge in [0.25, 0.3) is 0 Å². The van der Waals surface area contributed by atoms with Gasteiger partial charge in [-0.05, 0) is 66.7 Å². The van der Waals surface area contributed by atoms with Crippen LogP contribution in [0.2, 0.25) is 10.0 Å². The summed E-state index contributed by atoms with van der Waals surface area (Å²) in [6.45, 7) is 0. The minimum Gasteiger partial charge on any atom is -0.468 e. The molecule has 2 unspecified atom stereocenters. The first-order valence-electron chi connectivity index (χ1n) is 11.1. The Labute approximate surface area is 250 Å². The summed E-state index contributed by atoms with van der Waals surface area (Å²) in [5, 5.41) is 1.33. The molecule has 0 fully saturated rings. The van der Waals surface area contributed by atoms with E-state index in [2.05, 4.69) is 9.73 Å². The lowest BCUT2D eigenvalue weighted by Gasteiger charge is -2.08. The Hall–Kier alpha value is -1.75. The van der Waals surface area contributed by atoms with Crippen molar-refractivity contribution in [2.24, 2.45) is 10.7 Å². The maximum absolute atomic E-state index is 11.5. The normalized spacial score (nSPS) is 11.4. The summed E-state index contributed by atoms with van der Waals surface area (Å²) >= 11 is 14.7. The Morgan fingerprint density at radius 1 is 0.868 bits per heavy atom. The minimum absolute atomic E-state index is 0. The van der Waals surface area contributed by atoms with Gasteiger partial charge >= 0.3 is 11.9 Å². The van der Waals surface area contributed by atoms with E-state index < -0.39 is 12.1 Å². The van der Waals surface area contributed by atoms with E-state index in [1.165, 1.54) is 14.2 Å². The van der Waals surface area contributed by atoms with Crippen molar-refractivity contribution in [3.63, 3.8) is 0 Å². The molecular formula is C26H35Cl3N2O5S2. The lowest BCUT2D eigenvalue weighted by Crippen LogP contribution is -2.31. The summed E-state index contributed by atoms with van der Waals surface area (Å²) in [5.74, 6) is 1.15. The highest BCUT2D eigenvalue weighted by molar-refractivity contribution is 7.98. The van der Waals surface area contributed by atoms with Gasteiger partial charge in [0.15, 0.2) is 0 Å². The molecular weight excluding hydrogens is 591 g/mol. The van der Waals surface area contributed by atoms with Crippen LogP contribution in [0.4, 0.5) is 0 Å². The number of carbonyl (C=O) groups is 3. The summed E-state index contributed by atoms with van der Waals surface area (Å²) in [7, 11) is 2.73. The maximum atomic E-state index is 11.5. The molecule has 2 atom stereocenters. The van der Waals surface area contributed by atoms with Crippen LogP contribution in [0.5, 0.6) is 0 Å². The van der Waals surface area contributed by atoms with Crippen LogP contribution < -0.4 is 5.73 Å². The molecule has 38 heavy (non-hydrogen) atoms. The zero-order valence-corrected chi connectivity index (χ0v) is 25.8. The molecule has 0 aliphatic carbocycles. The fourth-order valence-corrected chi connectivity index (χ4v) is 3.60. The van der Waals surface area contributed by atoms with Gasteiger partial charge in [-0.3, -0.25) is 14.6 Å². The van der Waals surface area contributed by atoms with Gasteiger partial charge in [-0.1, -0.05) is 47.5 Å². The summed E-state index contributed by atoms with van der Waals surface area (Å²) in [4.78, 5) is 36.5. The van der Waals surface area contributed by atoms with Crippen LogP contribution in [-0.4, -0.2) is 74.8 Å². The molecule has 2 rings (SSSR count). The van der Waals surface area contributed by atoms with Gasteiger partial charge in [-0.25, -0.2) is 4.79 Å². The zero-order chi connectivity index (χ0) is 28.1. The molecule has 0 spiro atoms. The van der Waals surface area contributed by atoms with E-state index >= 15 is 0 Å². The number of methoxy groups -OCH3 is 2. The first kappa shape index (κ1) is 38.4. The van der Waals surface area contributed by atoms with Crippen LogP contribution in [0.15, 0.2) is 53.5 Å². The monoisotopic (exact) mass is 624 g/mol. The van der Waals surface area contributed by atoms with Crippen molar-refractivity contribution in [3.05, 3.63) is 69.7 Å². The Kier molecular flexibility index (Phi) is 24.6. The number of esters is 2. The second kappa shape index (κ2) is 24.3. The minimum atomic E-state index is -0.447.